The molecule has 0 spiro atoms. The average molecular weight is 431 g/mol. The molecule has 2 heterocycles. The minimum Gasteiger partial charge on any atom is -0.268 e. The molecule has 2 amide bonds. The molecule has 0 atom stereocenters. The van der Waals surface area contributed by atoms with Crippen LogP contribution in [0.1, 0.15) is 34.1 Å². The number of amides is 2. The van der Waals surface area contributed by atoms with Crippen LogP contribution in [0.4, 0.5) is 5.82 Å². The number of aromatic nitrogens is 2. The predicted octanol–water partition coefficient (Wildman–Crippen LogP) is 3.85. The molecule has 24 heavy (non-hydrogen) atoms. The summed E-state index contributed by atoms with van der Waals surface area (Å²) >= 11 is 2.22. The van der Waals surface area contributed by atoms with Crippen LogP contribution in [0.2, 0.25) is 0 Å². The van der Waals surface area contributed by atoms with Crippen molar-refractivity contribution >= 4 is 51.1 Å². The zero-order valence-electron chi connectivity index (χ0n) is 13.0. The minimum atomic E-state index is -0.308. The lowest BCUT2D eigenvalue weighted by molar-refractivity contribution is 0.0925. The highest BCUT2D eigenvalue weighted by Crippen LogP contribution is 2.33. The molecule has 0 N–H and O–H groups in total. The fraction of sp³-hybridized carbons (Fsp3) is 0.167. The van der Waals surface area contributed by atoms with E-state index in [-0.39, 0.29) is 11.8 Å². The summed E-state index contributed by atoms with van der Waals surface area (Å²) in [6, 6.07) is 12.9. The van der Waals surface area contributed by atoms with E-state index >= 15 is 0 Å². The zero-order valence-corrected chi connectivity index (χ0v) is 15.1. The average Bonchev–Trinajstić information content (AvgIpc) is 3.04. The van der Waals surface area contributed by atoms with Gasteiger partial charge in [0.1, 0.15) is 0 Å². The van der Waals surface area contributed by atoms with Gasteiger partial charge in [-0.05, 0) is 59.3 Å². The van der Waals surface area contributed by atoms with Crippen molar-refractivity contribution in [2.24, 2.45) is 0 Å². The standard InChI is InChI=1S/C18H14IN3O2/c1-2-9-21-15-8-7-11(19)10-14(15)16(20-21)22-17(23)12-5-3-4-6-13(12)18(22)24/h3-8,10H,2,9H2,1H3. The fourth-order valence-electron chi connectivity index (χ4n) is 3.06. The number of fused-ring (bicyclic) bond motifs is 2. The molecule has 0 fully saturated rings. The first-order valence-corrected chi connectivity index (χ1v) is 8.83. The highest BCUT2D eigenvalue weighted by atomic mass is 127. The van der Waals surface area contributed by atoms with Gasteiger partial charge in [-0.1, -0.05) is 19.1 Å². The zero-order chi connectivity index (χ0) is 16.8. The van der Waals surface area contributed by atoms with Crippen LogP contribution in [0.3, 0.4) is 0 Å². The van der Waals surface area contributed by atoms with Crippen LogP contribution in [0.25, 0.3) is 10.9 Å². The number of anilines is 1. The topological polar surface area (TPSA) is 55.2 Å². The highest BCUT2D eigenvalue weighted by Gasteiger charge is 2.38. The van der Waals surface area contributed by atoms with Gasteiger partial charge in [0.15, 0.2) is 5.82 Å². The number of hydrogen-bond acceptors (Lipinski definition) is 3. The number of carbonyl (C=O) groups is 2. The van der Waals surface area contributed by atoms with Crippen LogP contribution >= 0.6 is 22.6 Å². The molecule has 0 radical (unpaired) electrons. The maximum atomic E-state index is 12.8. The molecule has 2 aromatic carbocycles. The summed E-state index contributed by atoms with van der Waals surface area (Å²) < 4.78 is 2.90. The molecule has 5 nitrogen and oxygen atoms in total. The second kappa shape index (κ2) is 5.70. The SMILES string of the molecule is CCCn1nc(N2C(=O)c3ccccc3C2=O)c2cc(I)ccc21. The van der Waals surface area contributed by atoms with Crippen LogP contribution in [0, 0.1) is 3.57 Å². The van der Waals surface area contributed by atoms with Crippen molar-refractivity contribution in [2.45, 2.75) is 19.9 Å². The van der Waals surface area contributed by atoms with Gasteiger partial charge in [0, 0.05) is 15.5 Å². The molecular formula is C18H14IN3O2. The molecule has 4 rings (SSSR count). The Labute approximate surface area is 152 Å². The molecule has 120 valence electrons. The summed E-state index contributed by atoms with van der Waals surface area (Å²) in [4.78, 5) is 26.7. The first kappa shape index (κ1) is 15.3. The lowest BCUT2D eigenvalue weighted by Crippen LogP contribution is -2.30. The van der Waals surface area contributed by atoms with Gasteiger partial charge in [0.05, 0.1) is 16.6 Å². The Morgan fingerprint density at radius 3 is 2.33 bits per heavy atom. The molecule has 0 saturated carbocycles. The quantitative estimate of drug-likeness (QED) is 0.468. The predicted molar refractivity (Wildman–Crippen MR) is 100 cm³/mol. The lowest BCUT2D eigenvalue weighted by Gasteiger charge is -2.10. The number of benzene rings is 2. The van der Waals surface area contributed by atoms with Crippen molar-refractivity contribution in [3.8, 4) is 0 Å². The van der Waals surface area contributed by atoms with E-state index in [0.717, 1.165) is 27.4 Å². The molecule has 0 saturated heterocycles. The van der Waals surface area contributed by atoms with Crippen molar-refractivity contribution in [1.82, 2.24) is 9.78 Å². The van der Waals surface area contributed by atoms with Crippen LogP contribution < -0.4 is 4.90 Å². The Bertz CT molecular complexity index is 958. The second-order valence-electron chi connectivity index (χ2n) is 5.70. The van der Waals surface area contributed by atoms with Gasteiger partial charge < -0.3 is 0 Å². The molecule has 1 aliphatic heterocycles. The number of hydrogen-bond donors (Lipinski definition) is 0. The van der Waals surface area contributed by atoms with Gasteiger partial charge >= 0.3 is 0 Å². The van der Waals surface area contributed by atoms with Gasteiger partial charge in [-0.25, -0.2) is 4.90 Å². The third-order valence-electron chi connectivity index (χ3n) is 4.13. The Kier molecular flexibility index (Phi) is 3.64. The van der Waals surface area contributed by atoms with E-state index in [4.69, 9.17) is 0 Å². The van der Waals surface area contributed by atoms with Crippen molar-refractivity contribution in [3.05, 3.63) is 57.2 Å². The smallest absolute Gasteiger partial charge is 0.267 e. The van der Waals surface area contributed by atoms with Crippen molar-refractivity contribution < 1.29 is 9.59 Å². The fourth-order valence-corrected chi connectivity index (χ4v) is 3.55. The number of imide groups is 1. The van der Waals surface area contributed by atoms with Crippen LogP contribution in [0.5, 0.6) is 0 Å². The van der Waals surface area contributed by atoms with Gasteiger partial charge in [0.25, 0.3) is 11.8 Å². The van der Waals surface area contributed by atoms with E-state index in [2.05, 4.69) is 34.6 Å². The molecule has 3 aromatic rings. The largest absolute Gasteiger partial charge is 0.268 e. The maximum Gasteiger partial charge on any atom is 0.267 e. The Hall–Kier alpha value is -2.22. The number of rotatable bonds is 3. The number of aryl methyl sites for hydroxylation is 1. The van der Waals surface area contributed by atoms with Crippen molar-refractivity contribution in [3.63, 3.8) is 0 Å². The Morgan fingerprint density at radius 1 is 1.04 bits per heavy atom. The molecular weight excluding hydrogens is 417 g/mol. The normalized spacial score (nSPS) is 13.8. The first-order chi connectivity index (χ1) is 11.6. The van der Waals surface area contributed by atoms with Gasteiger partial charge in [-0.2, -0.15) is 5.10 Å². The minimum absolute atomic E-state index is 0.308. The van der Waals surface area contributed by atoms with Crippen LogP contribution in [0.15, 0.2) is 42.5 Å². The van der Waals surface area contributed by atoms with E-state index in [1.54, 1.807) is 24.3 Å². The van der Waals surface area contributed by atoms with Crippen molar-refractivity contribution in [1.29, 1.82) is 0 Å². The molecule has 1 aliphatic rings. The number of carbonyl (C=O) groups excluding carboxylic acids is 2. The molecule has 0 bridgehead atoms. The summed E-state index contributed by atoms with van der Waals surface area (Å²) in [6.07, 6.45) is 0.921. The summed E-state index contributed by atoms with van der Waals surface area (Å²) in [7, 11) is 0. The van der Waals surface area contributed by atoms with E-state index in [9.17, 15) is 9.59 Å². The Balaban J connectivity index is 1.93. The lowest BCUT2D eigenvalue weighted by atomic mass is 10.1. The molecule has 0 unspecified atom stereocenters. The van der Waals surface area contributed by atoms with E-state index < -0.39 is 0 Å². The summed E-state index contributed by atoms with van der Waals surface area (Å²) in [5.74, 6) is -0.196. The van der Waals surface area contributed by atoms with Crippen LogP contribution in [-0.4, -0.2) is 21.6 Å². The summed E-state index contributed by atoms with van der Waals surface area (Å²) in [6.45, 7) is 2.81. The highest BCUT2D eigenvalue weighted by molar-refractivity contribution is 14.1. The second-order valence-corrected chi connectivity index (χ2v) is 6.95. The third kappa shape index (κ3) is 2.16. The number of halogens is 1. The Morgan fingerprint density at radius 2 is 1.71 bits per heavy atom. The summed E-state index contributed by atoms with van der Waals surface area (Å²) in [5, 5.41) is 5.41. The van der Waals surface area contributed by atoms with Crippen molar-refractivity contribution in [2.75, 3.05) is 4.90 Å². The summed E-state index contributed by atoms with van der Waals surface area (Å²) in [5.41, 5.74) is 1.81. The third-order valence-corrected chi connectivity index (χ3v) is 4.81. The van der Waals surface area contributed by atoms with Crippen LogP contribution in [-0.2, 0) is 6.54 Å². The van der Waals surface area contributed by atoms with Gasteiger partial charge in [-0.15, -0.1) is 0 Å². The number of nitrogens with zero attached hydrogens (tertiary/aromatic N) is 3. The molecule has 6 heteroatoms. The van der Waals surface area contributed by atoms with Gasteiger partial charge in [0.2, 0.25) is 0 Å². The van der Waals surface area contributed by atoms with E-state index in [0.29, 0.717) is 16.9 Å². The van der Waals surface area contributed by atoms with Gasteiger partial charge in [-0.3, -0.25) is 14.3 Å². The van der Waals surface area contributed by atoms with E-state index in [1.165, 1.54) is 4.90 Å². The monoisotopic (exact) mass is 431 g/mol. The first-order valence-electron chi connectivity index (χ1n) is 7.75. The van der Waals surface area contributed by atoms with E-state index in [1.807, 2.05) is 22.9 Å². The molecule has 0 aliphatic carbocycles. The molecule has 1 aromatic heterocycles. The maximum absolute atomic E-state index is 12.8.